The van der Waals surface area contributed by atoms with E-state index in [4.69, 9.17) is 5.26 Å². The van der Waals surface area contributed by atoms with Gasteiger partial charge in [-0.2, -0.15) is 5.26 Å². The van der Waals surface area contributed by atoms with E-state index in [-0.39, 0.29) is 11.9 Å². The van der Waals surface area contributed by atoms with Crippen molar-refractivity contribution in [3.63, 3.8) is 0 Å². The minimum atomic E-state index is -0.133. The molecule has 1 aliphatic carbocycles. The summed E-state index contributed by atoms with van der Waals surface area (Å²) in [6, 6.07) is 7.49. The molecule has 0 saturated heterocycles. The molecule has 2 rings (SSSR count). The first kappa shape index (κ1) is 13.1. The van der Waals surface area contributed by atoms with Gasteiger partial charge in [0.1, 0.15) is 0 Å². The Balaban J connectivity index is 2.11. The van der Waals surface area contributed by atoms with Crippen LogP contribution in [-0.2, 0) is 0 Å². The number of hydrogen-bond donors (Lipinski definition) is 1. The van der Waals surface area contributed by atoms with E-state index >= 15 is 0 Å². The lowest BCUT2D eigenvalue weighted by Crippen LogP contribution is -2.36. The van der Waals surface area contributed by atoms with Crippen LogP contribution in [0.25, 0.3) is 0 Å². The molecule has 1 aliphatic rings. The highest BCUT2D eigenvalue weighted by molar-refractivity contribution is 9.10. The van der Waals surface area contributed by atoms with Crippen molar-refractivity contribution in [3.8, 4) is 6.07 Å². The topological polar surface area (TPSA) is 52.9 Å². The summed E-state index contributed by atoms with van der Waals surface area (Å²) in [6.45, 7) is 0. The third kappa shape index (κ3) is 3.11. The molecule has 1 N–H and O–H groups in total. The summed E-state index contributed by atoms with van der Waals surface area (Å²) in [4.78, 5) is 12.1. The molecule has 0 heterocycles. The van der Waals surface area contributed by atoms with Gasteiger partial charge in [0.25, 0.3) is 5.91 Å². The maximum atomic E-state index is 12.1. The summed E-state index contributed by atoms with van der Waals surface area (Å²) in [5, 5.41) is 12.1. The Morgan fingerprint density at radius 2 is 2.06 bits per heavy atom. The van der Waals surface area contributed by atoms with E-state index in [1.165, 1.54) is 19.3 Å². The molecule has 1 amide bonds. The highest BCUT2D eigenvalue weighted by Crippen LogP contribution is 2.19. The van der Waals surface area contributed by atoms with Crippen molar-refractivity contribution >= 4 is 21.8 Å². The molecule has 0 atom stereocenters. The molecule has 1 fully saturated rings. The van der Waals surface area contributed by atoms with Gasteiger partial charge in [0.2, 0.25) is 0 Å². The second-order valence-electron chi connectivity index (χ2n) is 4.61. The number of halogens is 1. The van der Waals surface area contributed by atoms with Gasteiger partial charge in [0, 0.05) is 10.5 Å². The summed E-state index contributed by atoms with van der Waals surface area (Å²) < 4.78 is 0.813. The van der Waals surface area contributed by atoms with E-state index in [0.29, 0.717) is 11.1 Å². The van der Waals surface area contributed by atoms with Crippen LogP contribution in [0.15, 0.2) is 22.7 Å². The first-order valence-corrected chi connectivity index (χ1v) is 7.00. The van der Waals surface area contributed by atoms with Gasteiger partial charge in [-0.3, -0.25) is 4.79 Å². The summed E-state index contributed by atoms with van der Waals surface area (Å²) in [6.07, 6.45) is 5.70. The molecule has 0 aliphatic heterocycles. The first-order valence-electron chi connectivity index (χ1n) is 6.21. The van der Waals surface area contributed by atoms with Crippen LogP contribution in [0, 0.1) is 11.3 Å². The predicted octanol–water partition coefficient (Wildman–Crippen LogP) is 3.38. The number of nitrogens with zero attached hydrogens (tertiary/aromatic N) is 1. The molecule has 0 radical (unpaired) electrons. The lowest BCUT2D eigenvalue weighted by atomic mass is 9.95. The van der Waals surface area contributed by atoms with E-state index in [9.17, 15) is 4.79 Å². The third-order valence-electron chi connectivity index (χ3n) is 3.29. The van der Waals surface area contributed by atoms with Crippen LogP contribution in [-0.4, -0.2) is 11.9 Å². The van der Waals surface area contributed by atoms with Crippen molar-refractivity contribution in [2.45, 2.75) is 38.1 Å². The predicted molar refractivity (Wildman–Crippen MR) is 73.2 cm³/mol. The largest absolute Gasteiger partial charge is 0.349 e. The maximum Gasteiger partial charge on any atom is 0.252 e. The number of carbonyl (C=O) groups is 1. The van der Waals surface area contributed by atoms with Crippen LogP contribution in [0.3, 0.4) is 0 Å². The van der Waals surface area contributed by atoms with Crippen molar-refractivity contribution in [1.82, 2.24) is 5.32 Å². The van der Waals surface area contributed by atoms with Gasteiger partial charge in [-0.05, 0) is 31.0 Å². The number of benzene rings is 1. The zero-order chi connectivity index (χ0) is 13.0. The lowest BCUT2D eigenvalue weighted by molar-refractivity contribution is 0.0927. The molecule has 1 saturated carbocycles. The second kappa shape index (κ2) is 6.01. The normalized spacial score (nSPS) is 16.0. The van der Waals surface area contributed by atoms with Crippen LogP contribution in [0.2, 0.25) is 0 Å². The number of rotatable bonds is 2. The van der Waals surface area contributed by atoms with Crippen LogP contribution in [0.4, 0.5) is 0 Å². The fraction of sp³-hybridized carbons (Fsp3) is 0.429. The average molecular weight is 307 g/mol. The van der Waals surface area contributed by atoms with Gasteiger partial charge in [-0.15, -0.1) is 0 Å². The Kier molecular flexibility index (Phi) is 4.38. The number of nitriles is 1. The van der Waals surface area contributed by atoms with Gasteiger partial charge in [-0.25, -0.2) is 0 Å². The quantitative estimate of drug-likeness (QED) is 0.910. The molecule has 0 unspecified atom stereocenters. The molecule has 1 aromatic carbocycles. The van der Waals surface area contributed by atoms with Crippen LogP contribution >= 0.6 is 15.9 Å². The second-order valence-corrected chi connectivity index (χ2v) is 5.53. The fourth-order valence-corrected chi connectivity index (χ4v) is 2.68. The minimum Gasteiger partial charge on any atom is -0.349 e. The van der Waals surface area contributed by atoms with E-state index in [0.717, 1.165) is 17.3 Å². The minimum absolute atomic E-state index is 0.133. The fourth-order valence-electron chi connectivity index (χ4n) is 2.32. The van der Waals surface area contributed by atoms with Crippen molar-refractivity contribution < 1.29 is 4.79 Å². The van der Waals surface area contributed by atoms with E-state index < -0.39 is 0 Å². The smallest absolute Gasteiger partial charge is 0.252 e. The third-order valence-corrected chi connectivity index (χ3v) is 3.78. The van der Waals surface area contributed by atoms with Crippen molar-refractivity contribution in [2.24, 2.45) is 0 Å². The first-order chi connectivity index (χ1) is 8.70. The van der Waals surface area contributed by atoms with E-state index in [2.05, 4.69) is 27.3 Å². The monoisotopic (exact) mass is 306 g/mol. The maximum absolute atomic E-state index is 12.1. The Morgan fingerprint density at radius 3 is 2.72 bits per heavy atom. The molecule has 18 heavy (non-hydrogen) atoms. The molecule has 4 heteroatoms. The van der Waals surface area contributed by atoms with Crippen molar-refractivity contribution in [2.75, 3.05) is 0 Å². The molecule has 3 nitrogen and oxygen atoms in total. The van der Waals surface area contributed by atoms with E-state index in [1.807, 2.05) is 0 Å². The molecule has 1 aromatic rings. The lowest BCUT2D eigenvalue weighted by Gasteiger charge is -2.22. The molecular weight excluding hydrogens is 292 g/mol. The molecule has 0 spiro atoms. The van der Waals surface area contributed by atoms with Crippen LogP contribution in [0.5, 0.6) is 0 Å². The summed E-state index contributed by atoms with van der Waals surface area (Å²) in [5.41, 5.74) is 0.879. The zero-order valence-corrected chi connectivity index (χ0v) is 11.7. The number of amides is 1. The number of carbonyl (C=O) groups excluding carboxylic acids is 1. The highest BCUT2D eigenvalue weighted by Gasteiger charge is 2.18. The number of nitrogens with one attached hydrogen (secondary N) is 1. The molecule has 94 valence electrons. The number of hydrogen-bond acceptors (Lipinski definition) is 2. The summed E-state index contributed by atoms with van der Waals surface area (Å²) in [7, 11) is 0. The summed E-state index contributed by atoms with van der Waals surface area (Å²) in [5.74, 6) is -0.133. The van der Waals surface area contributed by atoms with Crippen LogP contribution in [0.1, 0.15) is 48.0 Å². The Bertz CT molecular complexity index is 487. The van der Waals surface area contributed by atoms with Gasteiger partial charge in [0.05, 0.1) is 17.2 Å². The average Bonchev–Trinajstić information content (AvgIpc) is 2.39. The van der Waals surface area contributed by atoms with E-state index in [1.54, 1.807) is 18.2 Å². The van der Waals surface area contributed by atoms with Gasteiger partial charge in [0.15, 0.2) is 0 Å². The Hall–Kier alpha value is -1.34. The molecule has 0 aromatic heterocycles. The summed E-state index contributed by atoms with van der Waals surface area (Å²) >= 11 is 3.30. The Morgan fingerprint density at radius 1 is 1.33 bits per heavy atom. The molecular formula is C14H15BrN2O. The van der Waals surface area contributed by atoms with Gasteiger partial charge >= 0.3 is 0 Å². The Labute approximate surface area is 115 Å². The van der Waals surface area contributed by atoms with Crippen LogP contribution < -0.4 is 5.32 Å². The zero-order valence-electron chi connectivity index (χ0n) is 10.1. The van der Waals surface area contributed by atoms with Gasteiger partial charge < -0.3 is 5.32 Å². The van der Waals surface area contributed by atoms with Crippen molar-refractivity contribution in [1.29, 1.82) is 5.26 Å². The molecule has 0 bridgehead atoms. The standard InChI is InChI=1S/C14H15BrN2O/c15-11-6-7-13(10(8-11)9-16)14(18)17-12-4-2-1-3-5-12/h6-8,12H,1-5H2,(H,17,18). The highest BCUT2D eigenvalue weighted by atomic mass is 79.9. The van der Waals surface area contributed by atoms with Gasteiger partial charge in [-0.1, -0.05) is 35.2 Å². The SMILES string of the molecule is N#Cc1cc(Br)ccc1C(=O)NC1CCCCC1. The van der Waals surface area contributed by atoms with Crippen molar-refractivity contribution in [3.05, 3.63) is 33.8 Å².